The van der Waals surface area contributed by atoms with Gasteiger partial charge in [-0.3, -0.25) is 14.1 Å². The van der Waals surface area contributed by atoms with Crippen molar-refractivity contribution in [2.75, 3.05) is 4.72 Å². The monoisotopic (exact) mass is 536 g/mol. The predicted molar refractivity (Wildman–Crippen MR) is 138 cm³/mol. The van der Waals surface area contributed by atoms with E-state index in [1.54, 1.807) is 28.8 Å². The predicted octanol–water partition coefficient (Wildman–Crippen LogP) is 5.47. The summed E-state index contributed by atoms with van der Waals surface area (Å²) < 4.78 is 57.3. The normalized spacial score (nSPS) is 13.7. The van der Waals surface area contributed by atoms with E-state index in [9.17, 15) is 22.0 Å². The first-order valence-electron chi connectivity index (χ1n) is 11.3. The Morgan fingerprint density at radius 2 is 1.70 bits per heavy atom. The molecule has 1 aliphatic rings. The molecule has 0 radical (unpaired) electrons. The summed E-state index contributed by atoms with van der Waals surface area (Å²) in [5, 5.41) is 8.05. The minimum absolute atomic E-state index is 0.0197. The lowest BCUT2D eigenvalue weighted by Crippen LogP contribution is -2.19. The molecular formula is C26H18F2N4O3S2. The fourth-order valence-corrected chi connectivity index (χ4v) is 6.14. The third-order valence-corrected chi connectivity index (χ3v) is 8.31. The van der Waals surface area contributed by atoms with Gasteiger partial charge in [0.25, 0.3) is 15.6 Å². The van der Waals surface area contributed by atoms with E-state index in [1.807, 2.05) is 6.07 Å². The van der Waals surface area contributed by atoms with Gasteiger partial charge in [0, 0.05) is 17.5 Å². The van der Waals surface area contributed by atoms with Crippen LogP contribution in [0.25, 0.3) is 27.7 Å². The molecule has 1 aliphatic carbocycles. The Morgan fingerprint density at radius 3 is 2.41 bits per heavy atom. The van der Waals surface area contributed by atoms with E-state index in [4.69, 9.17) is 0 Å². The van der Waals surface area contributed by atoms with Gasteiger partial charge in [-0.2, -0.15) is 0 Å². The summed E-state index contributed by atoms with van der Waals surface area (Å²) in [6.07, 6.45) is 1.88. The molecule has 0 saturated heterocycles. The SMILES string of the molecule is O=c1ccc2cc(S(=O)(=O)Nc3nncs3)ccc2n1-c1ccc(-c2cc(F)cc(F)c2)cc1C1CC1. The Bertz CT molecular complexity index is 1810. The zero-order chi connectivity index (χ0) is 25.7. The number of benzene rings is 3. The number of hydrogen-bond donors (Lipinski definition) is 1. The molecule has 0 amide bonds. The summed E-state index contributed by atoms with van der Waals surface area (Å²) in [4.78, 5) is 13.1. The van der Waals surface area contributed by atoms with E-state index in [-0.39, 0.29) is 21.5 Å². The van der Waals surface area contributed by atoms with Crippen molar-refractivity contribution in [3.63, 3.8) is 0 Å². The van der Waals surface area contributed by atoms with Gasteiger partial charge in [0.15, 0.2) is 0 Å². The molecule has 3 aromatic carbocycles. The van der Waals surface area contributed by atoms with Crippen LogP contribution < -0.4 is 10.3 Å². The maximum absolute atomic E-state index is 13.8. The van der Waals surface area contributed by atoms with Gasteiger partial charge in [-0.05, 0) is 84.0 Å². The molecule has 0 bridgehead atoms. The summed E-state index contributed by atoms with van der Waals surface area (Å²) in [6.45, 7) is 0. The van der Waals surface area contributed by atoms with Crippen LogP contribution in [-0.2, 0) is 10.0 Å². The van der Waals surface area contributed by atoms with Gasteiger partial charge in [0.1, 0.15) is 17.1 Å². The molecule has 0 atom stereocenters. The highest BCUT2D eigenvalue weighted by atomic mass is 32.2. The van der Waals surface area contributed by atoms with E-state index >= 15 is 0 Å². The lowest BCUT2D eigenvalue weighted by Gasteiger charge is -2.17. The summed E-state index contributed by atoms with van der Waals surface area (Å²) >= 11 is 1.06. The smallest absolute Gasteiger partial charge is 0.263 e. The molecule has 1 saturated carbocycles. The molecule has 11 heteroatoms. The zero-order valence-electron chi connectivity index (χ0n) is 19.1. The Balaban J connectivity index is 1.47. The molecule has 1 N–H and O–H groups in total. The van der Waals surface area contributed by atoms with Crippen LogP contribution in [-0.4, -0.2) is 23.2 Å². The molecule has 0 unspecified atom stereocenters. The van der Waals surface area contributed by atoms with Gasteiger partial charge in [0.05, 0.1) is 16.1 Å². The van der Waals surface area contributed by atoms with Gasteiger partial charge in [-0.15, -0.1) is 10.2 Å². The number of anilines is 1. The molecule has 186 valence electrons. The van der Waals surface area contributed by atoms with Gasteiger partial charge < -0.3 is 0 Å². The van der Waals surface area contributed by atoms with Crippen LogP contribution in [0.5, 0.6) is 0 Å². The number of sulfonamides is 1. The lowest BCUT2D eigenvalue weighted by atomic mass is 9.98. The number of pyridine rings is 1. The number of hydrogen-bond acceptors (Lipinski definition) is 6. The average Bonchev–Trinajstić information content (AvgIpc) is 3.59. The van der Waals surface area contributed by atoms with E-state index in [0.717, 1.165) is 35.8 Å². The summed E-state index contributed by atoms with van der Waals surface area (Å²) in [5.41, 5.74) is 4.29. The number of rotatable bonds is 6. The topological polar surface area (TPSA) is 93.9 Å². The van der Waals surface area contributed by atoms with E-state index < -0.39 is 21.7 Å². The highest BCUT2D eigenvalue weighted by Gasteiger charge is 2.28. The maximum atomic E-state index is 13.8. The van der Waals surface area contributed by atoms with Crippen LogP contribution in [0.15, 0.2) is 81.9 Å². The molecule has 0 aliphatic heterocycles. The molecule has 1 fully saturated rings. The second kappa shape index (κ2) is 8.86. The Hall–Kier alpha value is -3.96. The molecule has 2 heterocycles. The number of fused-ring (bicyclic) bond motifs is 1. The summed E-state index contributed by atoms with van der Waals surface area (Å²) in [7, 11) is -3.91. The van der Waals surface area contributed by atoms with E-state index in [1.165, 1.54) is 35.8 Å². The number of halogens is 2. The van der Waals surface area contributed by atoms with Crippen molar-refractivity contribution in [3.05, 3.63) is 99.8 Å². The Labute approximate surface area is 214 Å². The highest BCUT2D eigenvalue weighted by Crippen LogP contribution is 2.44. The van der Waals surface area contributed by atoms with Crippen molar-refractivity contribution in [3.8, 4) is 16.8 Å². The Kier molecular flexibility index (Phi) is 5.61. The van der Waals surface area contributed by atoms with Crippen molar-refractivity contribution in [2.45, 2.75) is 23.7 Å². The first kappa shape index (κ1) is 23.4. The first-order valence-corrected chi connectivity index (χ1v) is 13.7. The fraction of sp³-hybridized carbons (Fsp3) is 0.115. The minimum Gasteiger partial charge on any atom is -0.277 e. The van der Waals surface area contributed by atoms with Crippen LogP contribution in [0.4, 0.5) is 13.9 Å². The van der Waals surface area contributed by atoms with Crippen molar-refractivity contribution in [1.82, 2.24) is 14.8 Å². The molecular weight excluding hydrogens is 518 g/mol. The molecule has 7 nitrogen and oxygen atoms in total. The second-order valence-electron chi connectivity index (χ2n) is 8.78. The third-order valence-electron chi connectivity index (χ3n) is 6.24. The summed E-state index contributed by atoms with van der Waals surface area (Å²) in [5.74, 6) is -1.11. The fourth-order valence-electron chi connectivity index (χ4n) is 4.41. The Morgan fingerprint density at radius 1 is 0.919 bits per heavy atom. The van der Waals surface area contributed by atoms with Crippen LogP contribution in [0, 0.1) is 11.6 Å². The minimum atomic E-state index is -3.91. The standard InChI is InChI=1S/C26H18F2N4O3S2/c27-19-9-18(10-20(28)13-19)16-3-6-24(22(12-16)15-1-2-15)32-23-7-5-21(11-17(23)4-8-25(32)33)37(34,35)31-26-30-29-14-36-26/h3-15H,1-2H2,(H,30,31). The zero-order valence-corrected chi connectivity index (χ0v) is 20.7. The van der Waals surface area contributed by atoms with Gasteiger partial charge in [0.2, 0.25) is 5.13 Å². The van der Waals surface area contributed by atoms with E-state index in [0.29, 0.717) is 27.7 Å². The van der Waals surface area contributed by atoms with Crippen molar-refractivity contribution >= 4 is 37.4 Å². The quantitative estimate of drug-likeness (QED) is 0.311. The molecule has 6 rings (SSSR count). The van der Waals surface area contributed by atoms with Crippen molar-refractivity contribution in [1.29, 1.82) is 0 Å². The summed E-state index contributed by atoms with van der Waals surface area (Å²) in [6, 6.07) is 16.2. The van der Waals surface area contributed by atoms with Crippen molar-refractivity contribution in [2.24, 2.45) is 0 Å². The van der Waals surface area contributed by atoms with E-state index in [2.05, 4.69) is 14.9 Å². The second-order valence-corrected chi connectivity index (χ2v) is 11.3. The molecule has 0 spiro atoms. The third kappa shape index (κ3) is 4.51. The molecule has 2 aromatic heterocycles. The lowest BCUT2D eigenvalue weighted by molar-refractivity contribution is 0.584. The van der Waals surface area contributed by atoms with Crippen LogP contribution >= 0.6 is 11.3 Å². The largest absolute Gasteiger partial charge is 0.277 e. The average molecular weight is 537 g/mol. The maximum Gasteiger partial charge on any atom is 0.263 e. The van der Waals surface area contributed by atoms with Crippen LogP contribution in [0.1, 0.15) is 24.3 Å². The van der Waals surface area contributed by atoms with Gasteiger partial charge in [-0.25, -0.2) is 17.2 Å². The highest BCUT2D eigenvalue weighted by molar-refractivity contribution is 7.93. The first-order chi connectivity index (χ1) is 17.8. The van der Waals surface area contributed by atoms with Gasteiger partial charge >= 0.3 is 0 Å². The van der Waals surface area contributed by atoms with Crippen LogP contribution in [0.3, 0.4) is 0 Å². The van der Waals surface area contributed by atoms with Crippen molar-refractivity contribution < 1.29 is 17.2 Å². The number of nitrogens with one attached hydrogen (secondary N) is 1. The molecule has 5 aromatic rings. The van der Waals surface area contributed by atoms with Crippen LogP contribution in [0.2, 0.25) is 0 Å². The van der Waals surface area contributed by atoms with Gasteiger partial charge in [-0.1, -0.05) is 17.4 Å². The molecule has 37 heavy (non-hydrogen) atoms. The number of nitrogens with zero attached hydrogens (tertiary/aromatic N) is 3. The number of aromatic nitrogens is 3.